The number of nitrogens with zero attached hydrogens (tertiary/aromatic N) is 1. The van der Waals surface area contributed by atoms with Crippen molar-refractivity contribution in [1.29, 1.82) is 0 Å². The summed E-state index contributed by atoms with van der Waals surface area (Å²) in [4.78, 5) is 6.61. The molecule has 72 valence electrons. The van der Waals surface area contributed by atoms with E-state index in [0.29, 0.717) is 0 Å². The Morgan fingerprint density at radius 2 is 1.43 bits per heavy atom. The Kier molecular flexibility index (Phi) is 1.16. The van der Waals surface area contributed by atoms with Gasteiger partial charge in [-0.1, -0.05) is 0 Å². The maximum atomic E-state index is 5.98. The van der Waals surface area contributed by atoms with Gasteiger partial charge in [0.2, 0.25) is 0 Å². The maximum absolute atomic E-state index is 5.98. The van der Waals surface area contributed by atoms with E-state index in [-0.39, 0.29) is 0 Å². The van der Waals surface area contributed by atoms with E-state index in [1.54, 1.807) is 4.68 Å². The monoisotopic (exact) mass is 188 g/mol. The van der Waals surface area contributed by atoms with Crippen molar-refractivity contribution in [3.8, 4) is 0 Å². The van der Waals surface area contributed by atoms with Crippen molar-refractivity contribution in [2.75, 3.05) is 5.84 Å². The number of hydrogen-bond donors (Lipinski definition) is 3. The molecule has 0 aromatic carbocycles. The molecule has 0 spiro atoms. The predicted octanol–water partition coefficient (Wildman–Crippen LogP) is 1.78. The summed E-state index contributed by atoms with van der Waals surface area (Å²) in [5.74, 6) is 5.98. The minimum atomic E-state index is 1.05. The molecule has 0 saturated heterocycles. The van der Waals surface area contributed by atoms with Crippen molar-refractivity contribution in [3.63, 3.8) is 0 Å². The Labute approximate surface area is 80.7 Å². The molecule has 0 unspecified atom stereocenters. The van der Waals surface area contributed by atoms with Gasteiger partial charge in [0.15, 0.2) is 0 Å². The Bertz CT molecular complexity index is 569. The van der Waals surface area contributed by atoms with Crippen LogP contribution >= 0.6 is 0 Å². The number of fused-ring (bicyclic) bond motifs is 3. The van der Waals surface area contributed by atoms with Crippen LogP contribution in [0.3, 0.4) is 0 Å². The van der Waals surface area contributed by atoms with Crippen LogP contribution in [0.25, 0.3) is 22.1 Å². The lowest BCUT2D eigenvalue weighted by atomic mass is 10.4. The topological polar surface area (TPSA) is 62.5 Å². The van der Waals surface area contributed by atoms with Crippen molar-refractivity contribution in [2.24, 2.45) is 0 Å². The fourth-order valence-electron chi connectivity index (χ4n) is 2.04. The first kappa shape index (κ1) is 7.55. The van der Waals surface area contributed by atoms with Gasteiger partial charge in [0.25, 0.3) is 0 Å². The number of hydrogen-bond acceptors (Lipinski definition) is 1. The zero-order chi connectivity index (χ0) is 9.87. The van der Waals surface area contributed by atoms with E-state index in [2.05, 4.69) is 22.1 Å². The molecule has 3 heterocycles. The molecule has 0 atom stereocenters. The van der Waals surface area contributed by atoms with Gasteiger partial charge in [-0.3, -0.25) is 4.68 Å². The first-order valence-electron chi connectivity index (χ1n) is 4.61. The lowest BCUT2D eigenvalue weighted by Crippen LogP contribution is -2.05. The standard InChI is InChI=1S/C10H12N4/c1-5-3-7-9(12-5)10-8(14(7)11)4-6(2)13-10/h3-4,12-13H,11H2,1-2H3. The largest absolute Gasteiger partial charge is 0.356 e. The van der Waals surface area contributed by atoms with E-state index in [0.717, 1.165) is 33.5 Å². The van der Waals surface area contributed by atoms with Gasteiger partial charge in [-0.2, -0.15) is 0 Å². The van der Waals surface area contributed by atoms with Gasteiger partial charge in [0.1, 0.15) is 0 Å². The van der Waals surface area contributed by atoms with E-state index in [9.17, 15) is 0 Å². The molecule has 4 heteroatoms. The first-order chi connectivity index (χ1) is 6.66. The summed E-state index contributed by atoms with van der Waals surface area (Å²) >= 11 is 0. The maximum Gasteiger partial charge on any atom is 0.0904 e. The zero-order valence-corrected chi connectivity index (χ0v) is 8.18. The van der Waals surface area contributed by atoms with Crippen LogP contribution in [0, 0.1) is 13.8 Å². The van der Waals surface area contributed by atoms with Crippen molar-refractivity contribution < 1.29 is 0 Å². The van der Waals surface area contributed by atoms with E-state index in [1.807, 2.05) is 13.8 Å². The number of nitrogens with one attached hydrogen (secondary N) is 2. The molecule has 3 rings (SSSR count). The van der Waals surface area contributed by atoms with Crippen LogP contribution in [-0.4, -0.2) is 14.6 Å². The highest BCUT2D eigenvalue weighted by atomic mass is 15.3. The lowest BCUT2D eigenvalue weighted by molar-refractivity contribution is 1.12. The molecule has 0 saturated carbocycles. The van der Waals surface area contributed by atoms with E-state index < -0.39 is 0 Å². The van der Waals surface area contributed by atoms with Crippen LogP contribution < -0.4 is 5.84 Å². The van der Waals surface area contributed by atoms with Gasteiger partial charge in [-0.25, -0.2) is 0 Å². The average molecular weight is 188 g/mol. The number of aryl methyl sites for hydroxylation is 2. The molecule has 3 aromatic heterocycles. The van der Waals surface area contributed by atoms with Crippen molar-refractivity contribution in [3.05, 3.63) is 23.5 Å². The second-order valence-corrected chi connectivity index (χ2v) is 3.80. The minimum Gasteiger partial charge on any atom is -0.356 e. The zero-order valence-electron chi connectivity index (χ0n) is 8.18. The van der Waals surface area contributed by atoms with Crippen LogP contribution in [0.2, 0.25) is 0 Å². The van der Waals surface area contributed by atoms with Gasteiger partial charge < -0.3 is 15.8 Å². The molecule has 0 aliphatic rings. The lowest BCUT2D eigenvalue weighted by Gasteiger charge is -1.92. The smallest absolute Gasteiger partial charge is 0.0904 e. The van der Waals surface area contributed by atoms with E-state index in [4.69, 9.17) is 5.84 Å². The van der Waals surface area contributed by atoms with Crippen molar-refractivity contribution in [1.82, 2.24) is 14.6 Å². The highest BCUT2D eigenvalue weighted by molar-refractivity contribution is 6.04. The molecular weight excluding hydrogens is 176 g/mol. The van der Waals surface area contributed by atoms with Gasteiger partial charge in [-0.15, -0.1) is 0 Å². The van der Waals surface area contributed by atoms with E-state index >= 15 is 0 Å². The molecule has 0 bridgehead atoms. The summed E-state index contributed by atoms with van der Waals surface area (Å²) in [6.07, 6.45) is 0. The SMILES string of the molecule is Cc1cc2c([nH]1)c1[nH]c(C)cc1n2N. The quantitative estimate of drug-likeness (QED) is 0.463. The molecular formula is C10H12N4. The molecule has 3 aromatic rings. The summed E-state index contributed by atoms with van der Waals surface area (Å²) in [6.45, 7) is 4.06. The molecule has 0 fully saturated rings. The summed E-state index contributed by atoms with van der Waals surface area (Å²) in [6, 6.07) is 4.11. The number of aromatic amines is 2. The van der Waals surface area contributed by atoms with Gasteiger partial charge in [0.05, 0.1) is 22.1 Å². The van der Waals surface area contributed by atoms with Crippen LogP contribution in [-0.2, 0) is 0 Å². The summed E-state index contributed by atoms with van der Waals surface area (Å²) in [7, 11) is 0. The third-order valence-electron chi connectivity index (χ3n) is 2.63. The van der Waals surface area contributed by atoms with Gasteiger partial charge in [0, 0.05) is 11.4 Å². The van der Waals surface area contributed by atoms with Crippen LogP contribution in [0.15, 0.2) is 12.1 Å². The summed E-state index contributed by atoms with van der Waals surface area (Å²) in [5, 5.41) is 0. The highest BCUT2D eigenvalue weighted by Crippen LogP contribution is 2.26. The first-order valence-corrected chi connectivity index (χ1v) is 4.61. The summed E-state index contributed by atoms with van der Waals surface area (Å²) < 4.78 is 1.72. The number of H-pyrrole nitrogens is 2. The van der Waals surface area contributed by atoms with Crippen molar-refractivity contribution in [2.45, 2.75) is 13.8 Å². The van der Waals surface area contributed by atoms with Gasteiger partial charge in [-0.05, 0) is 26.0 Å². The molecule has 0 amide bonds. The Morgan fingerprint density at radius 3 is 1.86 bits per heavy atom. The average Bonchev–Trinajstić information content (AvgIpc) is 2.71. The van der Waals surface area contributed by atoms with Crippen molar-refractivity contribution >= 4 is 22.1 Å². The number of nitrogens with two attached hydrogens (primary N) is 1. The van der Waals surface area contributed by atoms with E-state index in [1.165, 1.54) is 0 Å². The molecule has 4 N–H and O–H groups in total. The minimum absolute atomic E-state index is 1.05. The van der Waals surface area contributed by atoms with Gasteiger partial charge >= 0.3 is 0 Å². The van der Waals surface area contributed by atoms with Crippen LogP contribution in [0.1, 0.15) is 11.4 Å². The Morgan fingerprint density at radius 1 is 1.00 bits per heavy atom. The number of rotatable bonds is 0. The highest BCUT2D eigenvalue weighted by Gasteiger charge is 2.12. The fourth-order valence-corrected chi connectivity index (χ4v) is 2.04. The summed E-state index contributed by atoms with van der Waals surface area (Å²) in [5.41, 5.74) is 6.53. The Hall–Kier alpha value is -1.84. The van der Waals surface area contributed by atoms with Crippen LogP contribution in [0.4, 0.5) is 0 Å². The normalized spacial score (nSPS) is 11.9. The molecule has 0 aliphatic heterocycles. The predicted molar refractivity (Wildman–Crippen MR) is 57.8 cm³/mol. The third-order valence-corrected chi connectivity index (χ3v) is 2.63. The fraction of sp³-hybridized carbons (Fsp3) is 0.200. The third kappa shape index (κ3) is 0.731. The number of aromatic nitrogens is 3. The van der Waals surface area contributed by atoms with Crippen LogP contribution in [0.5, 0.6) is 0 Å². The molecule has 14 heavy (non-hydrogen) atoms. The second kappa shape index (κ2) is 2.15. The Balaban J connectivity index is 2.62. The number of nitrogen functional groups attached to an aromatic ring is 1. The molecule has 0 radical (unpaired) electrons. The molecule has 0 aliphatic carbocycles. The second-order valence-electron chi connectivity index (χ2n) is 3.80. The molecule has 4 nitrogen and oxygen atoms in total.